The summed E-state index contributed by atoms with van der Waals surface area (Å²) in [5.74, 6) is 0.576. The van der Waals surface area contributed by atoms with Gasteiger partial charge in [-0.25, -0.2) is 8.42 Å². The topological polar surface area (TPSA) is 88.7 Å². The van der Waals surface area contributed by atoms with E-state index in [4.69, 9.17) is 4.42 Å². The molecule has 3 aromatic rings. The largest absolute Gasteiger partial charge is 0.463 e. The third-order valence-electron chi connectivity index (χ3n) is 3.90. The molecule has 1 aromatic carbocycles. The number of furan rings is 1. The minimum Gasteiger partial charge on any atom is -0.463 e. The van der Waals surface area contributed by atoms with Crippen LogP contribution in [0, 0.1) is 0 Å². The minimum absolute atomic E-state index is 0.425. The number of hydrogen-bond acceptors (Lipinski definition) is 6. The van der Waals surface area contributed by atoms with Crippen molar-refractivity contribution in [1.29, 1.82) is 0 Å². The van der Waals surface area contributed by atoms with E-state index in [1.807, 2.05) is 18.2 Å². The van der Waals surface area contributed by atoms with Crippen LogP contribution in [0.25, 0.3) is 11.0 Å². The van der Waals surface area contributed by atoms with Crippen molar-refractivity contribution in [2.24, 2.45) is 5.10 Å². The number of benzene rings is 1. The molecular weight excluding hydrogens is 328 g/mol. The lowest BCUT2D eigenvalue weighted by Crippen LogP contribution is -2.25. The zero-order valence-electron chi connectivity index (χ0n) is 12.8. The van der Waals surface area contributed by atoms with Crippen molar-refractivity contribution in [2.75, 3.05) is 6.26 Å². The second-order valence-electron chi connectivity index (χ2n) is 5.58. The predicted octanol–water partition coefficient (Wildman–Crippen LogP) is 2.33. The van der Waals surface area contributed by atoms with Crippen molar-refractivity contribution in [3.05, 3.63) is 60.3 Å². The SMILES string of the molecule is CS(=O)(=O)N1N=C(c2ccco2)C[C@H]1c1ccc2nccnc2c1. The van der Waals surface area contributed by atoms with Gasteiger partial charge in [0.05, 0.1) is 29.6 Å². The molecule has 0 amide bonds. The second-order valence-corrected chi connectivity index (χ2v) is 7.42. The molecular formula is C16H14N4O3S. The standard InChI is InChI=1S/C16H14N4O3S/c1-24(21,22)20-15(10-14(19-20)16-3-2-8-23-16)11-4-5-12-13(9-11)18-7-6-17-12/h2-9,15H,10H2,1H3/t15-/m0/s1. The maximum Gasteiger partial charge on any atom is 0.247 e. The molecule has 24 heavy (non-hydrogen) atoms. The normalized spacial score (nSPS) is 18.1. The molecule has 8 heteroatoms. The highest BCUT2D eigenvalue weighted by Gasteiger charge is 2.35. The molecule has 0 bridgehead atoms. The van der Waals surface area contributed by atoms with Gasteiger partial charge in [-0.1, -0.05) is 6.07 Å². The average molecular weight is 342 g/mol. The lowest BCUT2D eigenvalue weighted by atomic mass is 10.0. The quantitative estimate of drug-likeness (QED) is 0.729. The number of hydrogen-bond donors (Lipinski definition) is 0. The Hall–Kier alpha value is -2.74. The molecule has 0 aliphatic carbocycles. The maximum atomic E-state index is 12.2. The number of aromatic nitrogens is 2. The van der Waals surface area contributed by atoms with Crippen LogP contribution >= 0.6 is 0 Å². The van der Waals surface area contributed by atoms with Crippen LogP contribution in [0.3, 0.4) is 0 Å². The third-order valence-corrected chi connectivity index (χ3v) is 4.91. The Kier molecular flexibility index (Phi) is 3.34. The van der Waals surface area contributed by atoms with Gasteiger partial charge in [0.2, 0.25) is 10.0 Å². The van der Waals surface area contributed by atoms with Crippen molar-refractivity contribution in [2.45, 2.75) is 12.5 Å². The first-order chi connectivity index (χ1) is 11.5. The van der Waals surface area contributed by atoms with Crippen molar-refractivity contribution < 1.29 is 12.8 Å². The molecule has 4 rings (SSSR count). The van der Waals surface area contributed by atoms with Gasteiger partial charge in [0.1, 0.15) is 11.5 Å². The Morgan fingerprint density at radius 2 is 1.96 bits per heavy atom. The molecule has 0 radical (unpaired) electrons. The summed E-state index contributed by atoms with van der Waals surface area (Å²) in [5, 5.41) is 4.27. The molecule has 0 unspecified atom stereocenters. The van der Waals surface area contributed by atoms with Crippen molar-refractivity contribution in [3.8, 4) is 0 Å². The molecule has 3 heterocycles. The average Bonchev–Trinajstić information content (AvgIpc) is 3.23. The molecule has 122 valence electrons. The van der Waals surface area contributed by atoms with E-state index in [1.54, 1.807) is 30.8 Å². The fourth-order valence-electron chi connectivity index (χ4n) is 2.82. The highest BCUT2D eigenvalue weighted by molar-refractivity contribution is 7.88. The first-order valence-electron chi connectivity index (χ1n) is 7.34. The number of nitrogens with zero attached hydrogens (tertiary/aromatic N) is 4. The summed E-state index contributed by atoms with van der Waals surface area (Å²) in [4.78, 5) is 8.52. The van der Waals surface area contributed by atoms with Crippen molar-refractivity contribution >= 4 is 26.8 Å². The number of fused-ring (bicyclic) bond motifs is 1. The summed E-state index contributed by atoms with van der Waals surface area (Å²) in [6, 6.07) is 8.65. The van der Waals surface area contributed by atoms with Gasteiger partial charge in [-0.3, -0.25) is 9.97 Å². The van der Waals surface area contributed by atoms with Gasteiger partial charge in [0.15, 0.2) is 0 Å². The van der Waals surface area contributed by atoms with Crippen molar-refractivity contribution in [3.63, 3.8) is 0 Å². The number of rotatable bonds is 3. The Labute approximate surface area is 138 Å². The zero-order valence-corrected chi connectivity index (χ0v) is 13.6. The van der Waals surface area contributed by atoms with E-state index in [2.05, 4.69) is 15.1 Å². The lowest BCUT2D eigenvalue weighted by molar-refractivity contribution is 0.375. The fourth-order valence-corrected chi connectivity index (χ4v) is 3.73. The fraction of sp³-hybridized carbons (Fsp3) is 0.188. The molecule has 0 saturated heterocycles. The van der Waals surface area contributed by atoms with Gasteiger partial charge >= 0.3 is 0 Å². The van der Waals surface area contributed by atoms with Gasteiger partial charge in [-0.2, -0.15) is 9.52 Å². The van der Waals surface area contributed by atoms with E-state index in [0.717, 1.165) is 27.3 Å². The first kappa shape index (κ1) is 14.8. The summed E-state index contributed by atoms with van der Waals surface area (Å²) in [6.45, 7) is 0. The summed E-state index contributed by atoms with van der Waals surface area (Å²) < 4.78 is 30.8. The molecule has 0 N–H and O–H groups in total. The van der Waals surface area contributed by atoms with E-state index in [9.17, 15) is 8.42 Å². The molecule has 1 aliphatic heterocycles. The number of hydrazone groups is 1. The van der Waals surface area contributed by atoms with Gasteiger partial charge in [-0.05, 0) is 29.8 Å². The molecule has 0 saturated carbocycles. The highest BCUT2D eigenvalue weighted by atomic mass is 32.2. The van der Waals surface area contributed by atoms with Gasteiger partial charge < -0.3 is 4.42 Å². The van der Waals surface area contributed by atoms with Gasteiger partial charge in [0.25, 0.3) is 0 Å². The molecule has 2 aromatic heterocycles. The van der Waals surface area contributed by atoms with Gasteiger partial charge in [0, 0.05) is 18.8 Å². The van der Waals surface area contributed by atoms with Crippen LogP contribution in [-0.4, -0.2) is 34.8 Å². The van der Waals surface area contributed by atoms with Gasteiger partial charge in [-0.15, -0.1) is 0 Å². The lowest BCUT2D eigenvalue weighted by Gasteiger charge is -2.21. The highest BCUT2D eigenvalue weighted by Crippen LogP contribution is 2.35. The summed E-state index contributed by atoms with van der Waals surface area (Å²) in [7, 11) is -3.51. The Morgan fingerprint density at radius 3 is 2.67 bits per heavy atom. The molecule has 0 spiro atoms. The van der Waals surface area contributed by atoms with Crippen LogP contribution in [0.2, 0.25) is 0 Å². The summed E-state index contributed by atoms with van der Waals surface area (Å²) in [5.41, 5.74) is 2.90. The van der Waals surface area contributed by atoms with E-state index in [0.29, 0.717) is 17.9 Å². The summed E-state index contributed by atoms with van der Waals surface area (Å²) >= 11 is 0. The zero-order chi connectivity index (χ0) is 16.7. The van der Waals surface area contributed by atoms with Crippen molar-refractivity contribution in [1.82, 2.24) is 14.4 Å². The smallest absolute Gasteiger partial charge is 0.247 e. The van der Waals surface area contributed by atoms with E-state index < -0.39 is 16.1 Å². The second kappa shape index (κ2) is 5.41. The Bertz CT molecular complexity index is 1030. The Morgan fingerprint density at radius 1 is 1.17 bits per heavy atom. The number of sulfonamides is 1. The van der Waals surface area contributed by atoms with E-state index >= 15 is 0 Å². The molecule has 7 nitrogen and oxygen atoms in total. The maximum absolute atomic E-state index is 12.2. The monoisotopic (exact) mass is 342 g/mol. The first-order valence-corrected chi connectivity index (χ1v) is 9.18. The molecule has 0 fully saturated rings. The summed E-state index contributed by atoms with van der Waals surface area (Å²) in [6.07, 6.45) is 6.36. The van der Waals surface area contributed by atoms with E-state index in [1.165, 1.54) is 0 Å². The Balaban J connectivity index is 1.78. The molecule has 1 aliphatic rings. The minimum atomic E-state index is -3.51. The third kappa shape index (κ3) is 2.54. The van der Waals surface area contributed by atoms with Crippen LogP contribution in [0.5, 0.6) is 0 Å². The predicted molar refractivity (Wildman–Crippen MR) is 88.8 cm³/mol. The van der Waals surface area contributed by atoms with Crippen LogP contribution in [-0.2, 0) is 10.0 Å². The van der Waals surface area contributed by atoms with Crippen LogP contribution < -0.4 is 0 Å². The van der Waals surface area contributed by atoms with Crippen LogP contribution in [0.4, 0.5) is 0 Å². The van der Waals surface area contributed by atoms with E-state index in [-0.39, 0.29) is 0 Å². The van der Waals surface area contributed by atoms with Crippen LogP contribution in [0.1, 0.15) is 23.8 Å². The van der Waals surface area contributed by atoms with Crippen LogP contribution in [0.15, 0.2) is 58.5 Å². The molecule has 1 atom stereocenters.